The number of piperazine rings is 1. The Kier molecular flexibility index (Phi) is 9.15. The van der Waals surface area contributed by atoms with Crippen molar-refractivity contribution in [2.45, 2.75) is 25.6 Å². The molecule has 1 N–H and O–H groups in total. The second-order valence-electron chi connectivity index (χ2n) is 8.06. The Morgan fingerprint density at radius 3 is 1.74 bits per heavy atom. The Morgan fingerprint density at radius 2 is 1.29 bits per heavy atom. The molecule has 6 heteroatoms. The van der Waals surface area contributed by atoms with E-state index in [0.29, 0.717) is 6.54 Å². The predicted octanol–water partition coefficient (Wildman–Crippen LogP) is 3.20. The number of nitrogens with zero attached hydrogens (tertiary/aromatic N) is 2. The van der Waals surface area contributed by atoms with Crippen LogP contribution in [-0.4, -0.2) is 81.1 Å². The highest BCUT2D eigenvalue weighted by atomic mass is 16.5. The molecule has 1 saturated heterocycles. The van der Waals surface area contributed by atoms with Crippen LogP contribution in [0.2, 0.25) is 0 Å². The highest BCUT2D eigenvalue weighted by Gasteiger charge is 2.21. The van der Waals surface area contributed by atoms with E-state index in [1.54, 1.807) is 14.2 Å². The maximum atomic E-state index is 10.7. The summed E-state index contributed by atoms with van der Waals surface area (Å²) >= 11 is 0. The summed E-state index contributed by atoms with van der Waals surface area (Å²) in [4.78, 5) is 4.82. The van der Waals surface area contributed by atoms with Crippen LogP contribution >= 0.6 is 0 Å². The van der Waals surface area contributed by atoms with Gasteiger partial charge in [-0.15, -0.1) is 0 Å². The molecule has 2 aromatic carbocycles. The smallest absolute Gasteiger partial charge is 0.118 e. The molecule has 170 valence electrons. The van der Waals surface area contributed by atoms with Gasteiger partial charge in [-0.2, -0.15) is 0 Å². The van der Waals surface area contributed by atoms with E-state index in [-0.39, 0.29) is 12.7 Å². The van der Waals surface area contributed by atoms with E-state index in [1.807, 2.05) is 48.5 Å². The van der Waals surface area contributed by atoms with Gasteiger partial charge in [-0.05, 0) is 48.4 Å². The third-order valence-electron chi connectivity index (χ3n) is 5.77. The van der Waals surface area contributed by atoms with Crippen molar-refractivity contribution in [3.8, 4) is 11.5 Å². The van der Waals surface area contributed by atoms with Crippen LogP contribution < -0.4 is 9.47 Å². The Hall–Kier alpha value is -2.12. The van der Waals surface area contributed by atoms with Crippen molar-refractivity contribution >= 4 is 0 Å². The summed E-state index contributed by atoms with van der Waals surface area (Å²) in [6, 6.07) is 15.8. The van der Waals surface area contributed by atoms with Crippen LogP contribution in [0, 0.1) is 0 Å². The standard InChI is InChI=1S/C25H36N2O4/c1-4-13-26-14-16-27(17-15-26)18-22(28)19-31-25(20-5-9-23(29-2)10-6-20)21-7-11-24(30-3)12-8-21/h5-12,22,25,28H,4,13-19H2,1-3H3/t22-/m0/s1. The molecule has 1 heterocycles. The van der Waals surface area contributed by atoms with Crippen molar-refractivity contribution in [1.29, 1.82) is 0 Å². The lowest BCUT2D eigenvalue weighted by Gasteiger charge is -2.35. The van der Waals surface area contributed by atoms with Crippen molar-refractivity contribution in [3.05, 3.63) is 59.7 Å². The molecule has 0 saturated carbocycles. The lowest BCUT2D eigenvalue weighted by atomic mass is 10.0. The molecule has 1 atom stereocenters. The lowest BCUT2D eigenvalue weighted by molar-refractivity contribution is -0.0144. The zero-order chi connectivity index (χ0) is 22.1. The largest absolute Gasteiger partial charge is 0.497 e. The van der Waals surface area contributed by atoms with E-state index in [9.17, 15) is 5.11 Å². The maximum Gasteiger partial charge on any atom is 0.118 e. The second kappa shape index (κ2) is 12.1. The van der Waals surface area contributed by atoms with Crippen molar-refractivity contribution in [2.75, 3.05) is 60.1 Å². The molecule has 0 aromatic heterocycles. The van der Waals surface area contributed by atoms with Gasteiger partial charge in [-0.25, -0.2) is 0 Å². The molecule has 0 radical (unpaired) electrons. The first-order valence-electron chi connectivity index (χ1n) is 11.1. The van der Waals surface area contributed by atoms with E-state index in [1.165, 1.54) is 6.42 Å². The van der Waals surface area contributed by atoms with Crippen LogP contribution in [0.3, 0.4) is 0 Å². The van der Waals surface area contributed by atoms with Crippen molar-refractivity contribution in [2.24, 2.45) is 0 Å². The van der Waals surface area contributed by atoms with Gasteiger partial charge in [0.15, 0.2) is 0 Å². The van der Waals surface area contributed by atoms with Crippen LogP contribution in [0.4, 0.5) is 0 Å². The SMILES string of the molecule is CCCN1CCN(C[C@H](O)COC(c2ccc(OC)cc2)c2ccc(OC)cc2)CC1. The van der Waals surface area contributed by atoms with Gasteiger partial charge in [0, 0.05) is 32.7 Å². The first-order valence-corrected chi connectivity index (χ1v) is 11.1. The fourth-order valence-corrected chi connectivity index (χ4v) is 4.01. The number of β-amino-alcohol motifs (C(OH)–C–C–N with tert-alkyl or cyclic N) is 1. The van der Waals surface area contributed by atoms with Crippen LogP contribution in [-0.2, 0) is 4.74 Å². The van der Waals surface area contributed by atoms with Crippen LogP contribution in [0.25, 0.3) is 0 Å². The van der Waals surface area contributed by atoms with Gasteiger partial charge in [0.05, 0.1) is 26.9 Å². The third-order valence-corrected chi connectivity index (χ3v) is 5.77. The van der Waals surface area contributed by atoms with Crippen LogP contribution in [0.15, 0.2) is 48.5 Å². The van der Waals surface area contributed by atoms with Crippen molar-refractivity contribution in [3.63, 3.8) is 0 Å². The summed E-state index contributed by atoms with van der Waals surface area (Å²) in [5, 5.41) is 10.7. The minimum atomic E-state index is -0.531. The van der Waals surface area contributed by atoms with Gasteiger partial charge < -0.3 is 24.2 Å². The Bertz CT molecular complexity index is 711. The third kappa shape index (κ3) is 6.94. The normalized spacial score (nSPS) is 16.4. The van der Waals surface area contributed by atoms with Crippen LogP contribution in [0.5, 0.6) is 11.5 Å². The van der Waals surface area contributed by atoms with Gasteiger partial charge >= 0.3 is 0 Å². The number of hydrogen-bond acceptors (Lipinski definition) is 6. The maximum absolute atomic E-state index is 10.7. The molecular weight excluding hydrogens is 392 g/mol. The summed E-state index contributed by atoms with van der Waals surface area (Å²) in [6.45, 7) is 8.43. The molecule has 0 unspecified atom stereocenters. The molecule has 31 heavy (non-hydrogen) atoms. The minimum Gasteiger partial charge on any atom is -0.497 e. The summed E-state index contributed by atoms with van der Waals surface area (Å²) in [7, 11) is 3.32. The van der Waals surface area contributed by atoms with Gasteiger partial charge in [-0.3, -0.25) is 4.90 Å². The average molecular weight is 429 g/mol. The quantitative estimate of drug-likeness (QED) is 0.593. The van der Waals surface area contributed by atoms with E-state index in [4.69, 9.17) is 14.2 Å². The number of aliphatic hydroxyl groups excluding tert-OH is 1. The number of methoxy groups -OCH3 is 2. The Balaban J connectivity index is 1.61. The summed E-state index contributed by atoms with van der Waals surface area (Å²) < 4.78 is 16.8. The molecule has 1 aliphatic rings. The number of ether oxygens (including phenoxy) is 3. The van der Waals surface area contributed by atoms with Crippen LogP contribution in [0.1, 0.15) is 30.6 Å². The first kappa shape index (κ1) is 23.5. The molecule has 2 aromatic rings. The zero-order valence-corrected chi connectivity index (χ0v) is 19.0. The van der Waals surface area contributed by atoms with E-state index in [2.05, 4.69) is 16.7 Å². The van der Waals surface area contributed by atoms with E-state index in [0.717, 1.165) is 55.3 Å². The average Bonchev–Trinajstić information content (AvgIpc) is 2.81. The Labute approximate surface area is 186 Å². The van der Waals surface area contributed by atoms with E-state index < -0.39 is 6.10 Å². The second-order valence-corrected chi connectivity index (χ2v) is 8.06. The fourth-order valence-electron chi connectivity index (χ4n) is 4.01. The van der Waals surface area contributed by atoms with Crippen molar-refractivity contribution in [1.82, 2.24) is 9.80 Å². The van der Waals surface area contributed by atoms with Gasteiger partial charge in [0.1, 0.15) is 17.6 Å². The van der Waals surface area contributed by atoms with Crippen molar-refractivity contribution < 1.29 is 19.3 Å². The zero-order valence-electron chi connectivity index (χ0n) is 19.0. The van der Waals surface area contributed by atoms with Gasteiger partial charge in [-0.1, -0.05) is 31.2 Å². The highest BCUT2D eigenvalue weighted by molar-refractivity contribution is 5.36. The molecule has 1 aliphatic heterocycles. The molecule has 0 bridgehead atoms. The lowest BCUT2D eigenvalue weighted by Crippen LogP contribution is -2.49. The topological polar surface area (TPSA) is 54.4 Å². The molecular formula is C25H36N2O4. The van der Waals surface area contributed by atoms with Gasteiger partial charge in [0.2, 0.25) is 0 Å². The summed E-state index contributed by atoms with van der Waals surface area (Å²) in [5.41, 5.74) is 2.04. The highest BCUT2D eigenvalue weighted by Crippen LogP contribution is 2.29. The molecule has 0 spiro atoms. The predicted molar refractivity (Wildman–Crippen MR) is 123 cm³/mol. The monoisotopic (exact) mass is 428 g/mol. The fraction of sp³-hybridized carbons (Fsp3) is 0.520. The molecule has 0 aliphatic carbocycles. The molecule has 6 nitrogen and oxygen atoms in total. The number of benzene rings is 2. The number of aliphatic hydroxyl groups is 1. The minimum absolute atomic E-state index is 0.270. The van der Waals surface area contributed by atoms with E-state index >= 15 is 0 Å². The number of hydrogen-bond donors (Lipinski definition) is 1. The van der Waals surface area contributed by atoms with Gasteiger partial charge in [0.25, 0.3) is 0 Å². The molecule has 3 rings (SSSR count). The summed E-state index contributed by atoms with van der Waals surface area (Å²) in [5.74, 6) is 1.61. The first-order chi connectivity index (χ1) is 15.1. The summed E-state index contributed by atoms with van der Waals surface area (Å²) in [6.07, 6.45) is 0.388. The molecule has 1 fully saturated rings. The molecule has 0 amide bonds. The number of rotatable bonds is 11. The Morgan fingerprint density at radius 1 is 0.806 bits per heavy atom.